The Morgan fingerprint density at radius 1 is 1.29 bits per heavy atom. The van der Waals surface area contributed by atoms with E-state index in [9.17, 15) is 9.36 Å². The topological polar surface area (TPSA) is 52.6 Å². The standard InChI is InChI=1S/C9H9O4P/c1-12-6-3-4-7(9(10)14-11)8(5-6)13-2/h3-5H,1-2H3/p+1. The number of benzene rings is 1. The maximum atomic E-state index is 11.2. The number of hydrogen-bond donors (Lipinski definition) is 0. The first-order chi connectivity index (χ1) is 6.72. The molecule has 4 nitrogen and oxygen atoms in total. The molecule has 1 atom stereocenters. The molecule has 0 saturated heterocycles. The Morgan fingerprint density at radius 3 is 2.50 bits per heavy atom. The summed E-state index contributed by atoms with van der Waals surface area (Å²) in [7, 11) is 1.96. The normalized spacial score (nSPS) is 9.86. The van der Waals surface area contributed by atoms with E-state index in [1.165, 1.54) is 20.3 Å². The van der Waals surface area contributed by atoms with Crippen molar-refractivity contribution in [3.05, 3.63) is 23.8 Å². The van der Waals surface area contributed by atoms with E-state index >= 15 is 0 Å². The van der Waals surface area contributed by atoms with E-state index in [1.807, 2.05) is 0 Å². The molecule has 1 aromatic rings. The number of carbonyl (C=O) groups is 1. The van der Waals surface area contributed by atoms with Crippen molar-refractivity contribution in [1.29, 1.82) is 0 Å². The molecule has 0 aliphatic rings. The van der Waals surface area contributed by atoms with Crippen molar-refractivity contribution in [2.24, 2.45) is 0 Å². The summed E-state index contributed by atoms with van der Waals surface area (Å²) >= 11 is 0. The van der Waals surface area contributed by atoms with Gasteiger partial charge in [-0.2, -0.15) is 0 Å². The van der Waals surface area contributed by atoms with Crippen molar-refractivity contribution in [1.82, 2.24) is 0 Å². The third kappa shape index (κ3) is 2.09. The van der Waals surface area contributed by atoms with Crippen LogP contribution in [0.3, 0.4) is 0 Å². The van der Waals surface area contributed by atoms with Crippen LogP contribution in [0.15, 0.2) is 18.2 Å². The second-order valence-electron chi connectivity index (χ2n) is 2.50. The SMILES string of the molecule is COc1ccc(C(=O)[PH+]=O)c(OC)c1. The van der Waals surface area contributed by atoms with Gasteiger partial charge in [0.05, 0.1) is 14.2 Å². The maximum absolute atomic E-state index is 11.2. The first-order valence-electron chi connectivity index (χ1n) is 3.87. The molecular formula is C9H10O4P+. The fraction of sp³-hybridized carbons (Fsp3) is 0.222. The zero-order chi connectivity index (χ0) is 10.6. The average Bonchev–Trinajstić information content (AvgIpc) is 2.27. The highest BCUT2D eigenvalue weighted by molar-refractivity contribution is 7.47. The molecule has 0 fully saturated rings. The highest BCUT2D eigenvalue weighted by Crippen LogP contribution is 2.27. The van der Waals surface area contributed by atoms with Crippen LogP contribution in [0, 0.1) is 0 Å². The summed E-state index contributed by atoms with van der Waals surface area (Å²) in [6.07, 6.45) is 0. The van der Waals surface area contributed by atoms with Crippen LogP contribution in [0.2, 0.25) is 0 Å². The van der Waals surface area contributed by atoms with Crippen molar-refractivity contribution in [2.45, 2.75) is 0 Å². The number of methoxy groups -OCH3 is 2. The van der Waals surface area contributed by atoms with Crippen LogP contribution < -0.4 is 9.47 Å². The van der Waals surface area contributed by atoms with E-state index in [1.54, 1.807) is 12.1 Å². The second kappa shape index (κ2) is 4.72. The van der Waals surface area contributed by atoms with Gasteiger partial charge in [-0.1, -0.05) is 4.57 Å². The summed E-state index contributed by atoms with van der Waals surface area (Å²) < 4.78 is 20.4. The third-order valence-electron chi connectivity index (χ3n) is 1.75. The molecule has 0 bridgehead atoms. The highest BCUT2D eigenvalue weighted by atomic mass is 31.1. The molecule has 0 saturated carbocycles. The summed E-state index contributed by atoms with van der Waals surface area (Å²) in [6, 6.07) is 4.73. The van der Waals surface area contributed by atoms with Gasteiger partial charge in [0.25, 0.3) is 0 Å². The summed E-state index contributed by atoms with van der Waals surface area (Å²) in [6.45, 7) is 0. The predicted molar refractivity (Wildman–Crippen MR) is 52.9 cm³/mol. The minimum absolute atomic E-state index is 0.307. The molecule has 0 amide bonds. The fourth-order valence-electron chi connectivity index (χ4n) is 1.04. The quantitative estimate of drug-likeness (QED) is 0.716. The van der Waals surface area contributed by atoms with Gasteiger partial charge in [0.1, 0.15) is 17.1 Å². The molecule has 1 unspecified atom stereocenters. The summed E-state index contributed by atoms with van der Waals surface area (Å²) in [5.41, 5.74) is -0.147. The van der Waals surface area contributed by atoms with E-state index in [0.29, 0.717) is 17.1 Å². The Kier molecular flexibility index (Phi) is 3.60. The molecule has 0 aliphatic carbocycles. The monoisotopic (exact) mass is 213 g/mol. The minimum Gasteiger partial charge on any atom is -0.497 e. The number of rotatable bonds is 4. The van der Waals surface area contributed by atoms with Gasteiger partial charge in [-0.3, -0.25) is 0 Å². The first kappa shape index (κ1) is 10.7. The van der Waals surface area contributed by atoms with Crippen LogP contribution in [-0.2, 0) is 4.57 Å². The van der Waals surface area contributed by atoms with Crippen LogP contribution in [-0.4, -0.2) is 19.7 Å². The van der Waals surface area contributed by atoms with E-state index < -0.39 is 14.0 Å². The summed E-state index contributed by atoms with van der Waals surface area (Å²) in [5.74, 6) is 0.963. The number of hydrogen-bond acceptors (Lipinski definition) is 4. The van der Waals surface area contributed by atoms with Crippen molar-refractivity contribution in [3.63, 3.8) is 0 Å². The van der Waals surface area contributed by atoms with Crippen molar-refractivity contribution in [2.75, 3.05) is 14.2 Å². The Morgan fingerprint density at radius 2 is 2.00 bits per heavy atom. The van der Waals surface area contributed by atoms with E-state index in [0.717, 1.165) is 0 Å². The van der Waals surface area contributed by atoms with E-state index in [2.05, 4.69) is 0 Å². The lowest BCUT2D eigenvalue weighted by atomic mass is 10.2. The van der Waals surface area contributed by atoms with E-state index in [-0.39, 0.29) is 0 Å². The molecule has 5 heteroatoms. The Balaban J connectivity index is 3.17. The zero-order valence-electron chi connectivity index (χ0n) is 7.87. The fourth-order valence-corrected chi connectivity index (χ4v) is 1.36. The van der Waals surface area contributed by atoms with Gasteiger partial charge < -0.3 is 9.47 Å². The molecule has 0 spiro atoms. The molecule has 0 N–H and O–H groups in total. The van der Waals surface area contributed by atoms with Crippen LogP contribution in [0.25, 0.3) is 0 Å². The molecule has 0 aliphatic heterocycles. The smallest absolute Gasteiger partial charge is 0.406 e. The van der Waals surface area contributed by atoms with E-state index in [4.69, 9.17) is 9.47 Å². The Bertz CT molecular complexity index is 362. The third-order valence-corrected chi connectivity index (χ3v) is 2.20. The second-order valence-corrected chi connectivity index (χ2v) is 3.16. The maximum Gasteiger partial charge on any atom is 0.406 e. The van der Waals surface area contributed by atoms with Gasteiger partial charge >= 0.3 is 14.0 Å². The van der Waals surface area contributed by atoms with Crippen LogP contribution in [0.1, 0.15) is 10.4 Å². The predicted octanol–water partition coefficient (Wildman–Crippen LogP) is 1.87. The lowest BCUT2D eigenvalue weighted by Gasteiger charge is -2.05. The summed E-state index contributed by atoms with van der Waals surface area (Å²) in [4.78, 5) is 11.2. The van der Waals surface area contributed by atoms with Gasteiger partial charge in [0, 0.05) is 6.07 Å². The molecule has 1 rings (SSSR count). The number of carbonyl (C=O) groups excluding carboxylic acids is 1. The molecular weight excluding hydrogens is 203 g/mol. The molecule has 1 aromatic carbocycles. The first-order valence-corrected chi connectivity index (χ1v) is 4.78. The minimum atomic E-state index is -1.00. The van der Waals surface area contributed by atoms with Gasteiger partial charge in [-0.15, -0.1) is 0 Å². The Labute approximate surface area is 83.0 Å². The van der Waals surface area contributed by atoms with Gasteiger partial charge in [0.15, 0.2) is 0 Å². The van der Waals surface area contributed by atoms with Crippen molar-refractivity contribution >= 4 is 14.0 Å². The van der Waals surface area contributed by atoms with Crippen LogP contribution >= 0.6 is 8.46 Å². The highest BCUT2D eigenvalue weighted by Gasteiger charge is 2.19. The molecule has 14 heavy (non-hydrogen) atoms. The lowest BCUT2D eigenvalue weighted by molar-refractivity contribution is 0.107. The van der Waals surface area contributed by atoms with Crippen LogP contribution in [0.5, 0.6) is 11.5 Å². The lowest BCUT2D eigenvalue weighted by Crippen LogP contribution is -1.96. The molecule has 0 aromatic heterocycles. The van der Waals surface area contributed by atoms with Crippen molar-refractivity contribution in [3.8, 4) is 11.5 Å². The molecule has 0 heterocycles. The Hall–Kier alpha value is -1.41. The molecule has 0 radical (unpaired) electrons. The summed E-state index contributed by atoms with van der Waals surface area (Å²) in [5, 5.41) is 0. The largest absolute Gasteiger partial charge is 0.497 e. The average molecular weight is 213 g/mol. The zero-order valence-corrected chi connectivity index (χ0v) is 8.87. The van der Waals surface area contributed by atoms with Gasteiger partial charge in [0.2, 0.25) is 0 Å². The molecule has 74 valence electrons. The van der Waals surface area contributed by atoms with Gasteiger partial charge in [-0.05, 0) is 12.1 Å². The number of ether oxygens (including phenoxy) is 2. The van der Waals surface area contributed by atoms with Crippen molar-refractivity contribution < 1.29 is 18.8 Å². The van der Waals surface area contributed by atoms with Gasteiger partial charge in [-0.25, -0.2) is 4.79 Å². The van der Waals surface area contributed by atoms with Crippen LogP contribution in [0.4, 0.5) is 0 Å².